The van der Waals surface area contributed by atoms with Gasteiger partial charge in [-0.25, -0.2) is 0 Å². The number of unbranched alkanes of at least 4 members (excludes halogenated alkanes) is 1. The molecular formula is C19H27N3O3. The maximum absolute atomic E-state index is 12.0. The summed E-state index contributed by atoms with van der Waals surface area (Å²) in [6.45, 7) is 4.64. The molecule has 0 fully saturated rings. The Hall–Kier alpha value is -2.52. The molecule has 1 aromatic rings. The minimum Gasteiger partial charge on any atom is -0.508 e. The van der Waals surface area contributed by atoms with Crippen molar-refractivity contribution in [3.8, 4) is 11.8 Å². The molecule has 0 radical (unpaired) electrons. The lowest BCUT2D eigenvalue weighted by Crippen LogP contribution is -2.27. The fourth-order valence-electron chi connectivity index (χ4n) is 2.03. The summed E-state index contributed by atoms with van der Waals surface area (Å²) in [5, 5.41) is 24.0. The average Bonchev–Trinajstić information content (AvgIpc) is 2.62. The monoisotopic (exact) mass is 345 g/mol. The Bertz CT molecular complexity index is 577. The molecule has 0 heterocycles. The molecule has 0 aliphatic carbocycles. The number of amides is 1. The van der Waals surface area contributed by atoms with E-state index in [1.54, 1.807) is 24.3 Å². The zero-order chi connectivity index (χ0) is 18.3. The molecule has 0 unspecified atom stereocenters. The molecule has 25 heavy (non-hydrogen) atoms. The summed E-state index contributed by atoms with van der Waals surface area (Å²) >= 11 is 0. The highest BCUT2D eigenvalue weighted by atomic mass is 16.5. The van der Waals surface area contributed by atoms with Crippen LogP contribution >= 0.6 is 0 Å². The number of nitriles is 1. The molecule has 1 rings (SSSR count). The number of nitrogens with one attached hydrogen (secondary N) is 2. The molecule has 0 spiro atoms. The molecule has 3 N–H and O–H groups in total. The highest BCUT2D eigenvalue weighted by molar-refractivity contribution is 5.97. The number of aromatic hydroxyl groups is 1. The van der Waals surface area contributed by atoms with Gasteiger partial charge in [-0.05, 0) is 37.0 Å². The van der Waals surface area contributed by atoms with Crippen molar-refractivity contribution in [2.24, 2.45) is 0 Å². The molecule has 6 nitrogen and oxygen atoms in total. The summed E-state index contributed by atoms with van der Waals surface area (Å²) < 4.78 is 5.44. The van der Waals surface area contributed by atoms with E-state index in [9.17, 15) is 9.90 Å². The Morgan fingerprint density at radius 3 is 2.64 bits per heavy atom. The number of ether oxygens (including phenoxy) is 1. The molecule has 0 aromatic heterocycles. The fourth-order valence-corrected chi connectivity index (χ4v) is 2.03. The first-order chi connectivity index (χ1) is 12.2. The van der Waals surface area contributed by atoms with Gasteiger partial charge in [0.05, 0.1) is 0 Å². The van der Waals surface area contributed by atoms with Gasteiger partial charge < -0.3 is 20.5 Å². The third-order valence-corrected chi connectivity index (χ3v) is 3.50. The Morgan fingerprint density at radius 2 is 1.96 bits per heavy atom. The number of phenols is 1. The van der Waals surface area contributed by atoms with Gasteiger partial charge in [0.1, 0.15) is 17.4 Å². The number of benzene rings is 1. The number of hydrogen-bond donors (Lipinski definition) is 3. The minimum atomic E-state index is -0.395. The van der Waals surface area contributed by atoms with Gasteiger partial charge >= 0.3 is 0 Å². The van der Waals surface area contributed by atoms with Crippen molar-refractivity contribution in [1.82, 2.24) is 10.6 Å². The lowest BCUT2D eigenvalue weighted by Gasteiger charge is -2.06. The van der Waals surface area contributed by atoms with E-state index in [1.165, 1.54) is 6.20 Å². The lowest BCUT2D eigenvalue weighted by atomic mass is 10.1. The normalized spacial score (nSPS) is 11.0. The largest absolute Gasteiger partial charge is 0.508 e. The first kappa shape index (κ1) is 20.5. The Labute approximate surface area is 149 Å². The number of hydrogen-bond acceptors (Lipinski definition) is 5. The van der Waals surface area contributed by atoms with E-state index in [-0.39, 0.29) is 11.3 Å². The Morgan fingerprint density at radius 1 is 1.24 bits per heavy atom. The van der Waals surface area contributed by atoms with Gasteiger partial charge in [0, 0.05) is 32.5 Å². The van der Waals surface area contributed by atoms with Crippen molar-refractivity contribution in [2.45, 2.75) is 32.6 Å². The molecule has 1 amide bonds. The summed E-state index contributed by atoms with van der Waals surface area (Å²) in [6.07, 6.45) is 5.08. The summed E-state index contributed by atoms with van der Waals surface area (Å²) in [5.74, 6) is -0.183. The molecule has 0 bridgehead atoms. The van der Waals surface area contributed by atoms with Crippen LogP contribution < -0.4 is 10.6 Å². The summed E-state index contributed by atoms with van der Waals surface area (Å²) in [6, 6.07) is 8.71. The van der Waals surface area contributed by atoms with Crippen molar-refractivity contribution < 1.29 is 14.6 Å². The van der Waals surface area contributed by atoms with E-state index >= 15 is 0 Å². The zero-order valence-corrected chi connectivity index (χ0v) is 14.8. The molecule has 136 valence electrons. The van der Waals surface area contributed by atoms with Crippen molar-refractivity contribution >= 4 is 5.91 Å². The van der Waals surface area contributed by atoms with E-state index in [4.69, 9.17) is 10.00 Å². The van der Waals surface area contributed by atoms with E-state index in [0.29, 0.717) is 26.1 Å². The predicted molar refractivity (Wildman–Crippen MR) is 96.9 cm³/mol. The van der Waals surface area contributed by atoms with Gasteiger partial charge in [-0.3, -0.25) is 4.79 Å². The molecule has 6 heteroatoms. The SMILES string of the molecule is CCCCOCCCN/C=C(/C#N)C(=O)NCCc1ccc(O)cc1. The van der Waals surface area contributed by atoms with Crippen LogP contribution in [-0.4, -0.2) is 37.3 Å². The second kappa shape index (κ2) is 12.8. The second-order valence-corrected chi connectivity index (χ2v) is 5.62. The van der Waals surface area contributed by atoms with Crippen LogP contribution in [0.3, 0.4) is 0 Å². The molecule has 1 aromatic carbocycles. The lowest BCUT2D eigenvalue weighted by molar-refractivity contribution is -0.117. The van der Waals surface area contributed by atoms with E-state index in [1.807, 2.05) is 6.07 Å². The first-order valence-corrected chi connectivity index (χ1v) is 8.65. The maximum Gasteiger partial charge on any atom is 0.263 e. The van der Waals surface area contributed by atoms with Crippen LogP contribution in [-0.2, 0) is 16.0 Å². The van der Waals surface area contributed by atoms with Gasteiger partial charge in [0.2, 0.25) is 0 Å². The summed E-state index contributed by atoms with van der Waals surface area (Å²) in [7, 11) is 0. The van der Waals surface area contributed by atoms with Crippen molar-refractivity contribution in [2.75, 3.05) is 26.3 Å². The standard InChI is InChI=1S/C19H27N3O3/c1-2-3-12-25-13-4-10-21-15-17(14-20)19(24)22-11-9-16-5-7-18(23)8-6-16/h5-8,15,21,23H,2-4,9-13H2,1H3,(H,22,24)/b17-15-. The van der Waals surface area contributed by atoms with Crippen LogP contribution in [0.4, 0.5) is 0 Å². The van der Waals surface area contributed by atoms with Crippen LogP contribution in [0.2, 0.25) is 0 Å². The molecule has 0 aliphatic rings. The summed E-state index contributed by atoms with van der Waals surface area (Å²) in [4.78, 5) is 12.0. The Kier molecular flexibility index (Phi) is 10.5. The smallest absolute Gasteiger partial charge is 0.263 e. The number of carbonyl (C=O) groups excluding carboxylic acids is 1. The maximum atomic E-state index is 12.0. The van der Waals surface area contributed by atoms with Crippen LogP contribution in [0.15, 0.2) is 36.0 Å². The molecule has 0 atom stereocenters. The molecular weight excluding hydrogens is 318 g/mol. The number of nitrogens with zero attached hydrogens (tertiary/aromatic N) is 1. The predicted octanol–water partition coefficient (Wildman–Crippen LogP) is 2.25. The Balaban J connectivity index is 2.22. The van der Waals surface area contributed by atoms with E-state index in [0.717, 1.165) is 31.4 Å². The quantitative estimate of drug-likeness (QED) is 0.307. The third kappa shape index (κ3) is 9.38. The van der Waals surface area contributed by atoms with Crippen LogP contribution in [0.1, 0.15) is 31.7 Å². The van der Waals surface area contributed by atoms with Crippen molar-refractivity contribution in [1.29, 1.82) is 5.26 Å². The first-order valence-electron chi connectivity index (χ1n) is 8.65. The fraction of sp³-hybridized carbons (Fsp3) is 0.474. The van der Waals surface area contributed by atoms with Crippen molar-refractivity contribution in [3.63, 3.8) is 0 Å². The third-order valence-electron chi connectivity index (χ3n) is 3.50. The van der Waals surface area contributed by atoms with Crippen LogP contribution in [0, 0.1) is 11.3 Å². The average molecular weight is 345 g/mol. The van der Waals surface area contributed by atoms with Crippen molar-refractivity contribution in [3.05, 3.63) is 41.6 Å². The number of carbonyl (C=O) groups is 1. The molecule has 0 saturated carbocycles. The molecule has 0 aliphatic heterocycles. The van der Waals surface area contributed by atoms with Crippen LogP contribution in [0.5, 0.6) is 5.75 Å². The number of phenolic OH excluding ortho intramolecular Hbond substituents is 1. The van der Waals surface area contributed by atoms with Gasteiger partial charge in [-0.15, -0.1) is 0 Å². The second-order valence-electron chi connectivity index (χ2n) is 5.62. The van der Waals surface area contributed by atoms with Gasteiger partial charge in [-0.1, -0.05) is 25.5 Å². The van der Waals surface area contributed by atoms with E-state index < -0.39 is 5.91 Å². The topological polar surface area (TPSA) is 94.4 Å². The highest BCUT2D eigenvalue weighted by Crippen LogP contribution is 2.09. The van der Waals surface area contributed by atoms with Crippen LogP contribution in [0.25, 0.3) is 0 Å². The zero-order valence-electron chi connectivity index (χ0n) is 14.8. The number of rotatable bonds is 12. The minimum absolute atomic E-state index is 0.0533. The summed E-state index contributed by atoms with van der Waals surface area (Å²) in [5.41, 5.74) is 1.05. The van der Waals surface area contributed by atoms with Gasteiger partial charge in [0.25, 0.3) is 5.91 Å². The molecule has 0 saturated heterocycles. The van der Waals surface area contributed by atoms with Gasteiger partial charge in [0.15, 0.2) is 0 Å². The van der Waals surface area contributed by atoms with Gasteiger partial charge in [-0.2, -0.15) is 5.26 Å². The van der Waals surface area contributed by atoms with E-state index in [2.05, 4.69) is 17.6 Å². The highest BCUT2D eigenvalue weighted by Gasteiger charge is 2.07.